The van der Waals surface area contributed by atoms with Gasteiger partial charge >= 0.3 is 21.1 Å². The first-order valence-corrected chi connectivity index (χ1v) is 14.3. The summed E-state index contributed by atoms with van der Waals surface area (Å²) in [5.74, 6) is 0.900. The monoisotopic (exact) mass is 719 g/mol. The van der Waals surface area contributed by atoms with Gasteiger partial charge in [-0.15, -0.1) is 0 Å². The molecule has 1 aliphatic rings. The molecule has 0 bridgehead atoms. The van der Waals surface area contributed by atoms with Gasteiger partial charge in [0.25, 0.3) is 0 Å². The zero-order chi connectivity index (χ0) is 28.4. The molecule has 40 heavy (non-hydrogen) atoms. The van der Waals surface area contributed by atoms with Crippen LogP contribution in [0.2, 0.25) is 0 Å². The Morgan fingerprint density at radius 1 is 0.900 bits per heavy atom. The molecule has 5 rings (SSSR count). The van der Waals surface area contributed by atoms with Crippen LogP contribution in [0.3, 0.4) is 0 Å². The van der Waals surface area contributed by atoms with Gasteiger partial charge in [-0.3, -0.25) is 9.97 Å². The van der Waals surface area contributed by atoms with Crippen molar-refractivity contribution in [3.05, 3.63) is 70.8 Å². The van der Waals surface area contributed by atoms with Crippen molar-refractivity contribution in [1.29, 1.82) is 0 Å². The van der Waals surface area contributed by atoms with Crippen LogP contribution >= 0.6 is 0 Å². The van der Waals surface area contributed by atoms with E-state index in [1.165, 1.54) is 23.1 Å². The zero-order valence-corrected chi connectivity index (χ0v) is 27.8. The van der Waals surface area contributed by atoms with E-state index >= 15 is 0 Å². The molecule has 7 heteroatoms. The molecule has 0 unspecified atom stereocenters. The second-order valence-corrected chi connectivity index (χ2v) is 13.2. The molecule has 0 fully saturated rings. The minimum atomic E-state index is 0. The molecular weight excluding hydrogens is 675 g/mol. The van der Waals surface area contributed by atoms with E-state index in [1.54, 1.807) is 0 Å². The third kappa shape index (κ3) is 7.18. The van der Waals surface area contributed by atoms with Crippen LogP contribution in [0.25, 0.3) is 22.8 Å². The summed E-state index contributed by atoms with van der Waals surface area (Å²) >= 11 is 0. The van der Waals surface area contributed by atoms with Gasteiger partial charge in [0.2, 0.25) is 0 Å². The number of pyridine rings is 2. The maximum absolute atomic E-state index is 4.97. The summed E-state index contributed by atoms with van der Waals surface area (Å²) in [5.41, 5.74) is 10.0. The first-order chi connectivity index (χ1) is 18.4. The van der Waals surface area contributed by atoms with Crippen molar-refractivity contribution in [2.45, 2.75) is 105 Å². The molecule has 1 aliphatic carbocycles. The van der Waals surface area contributed by atoms with E-state index in [0.29, 0.717) is 11.8 Å². The van der Waals surface area contributed by atoms with Crippen molar-refractivity contribution in [3.63, 3.8) is 0 Å². The van der Waals surface area contributed by atoms with Gasteiger partial charge in [-0.05, 0) is 83.9 Å². The number of hydrogen-bond acceptors (Lipinski definition) is 4. The van der Waals surface area contributed by atoms with Gasteiger partial charge < -0.3 is 20.4 Å². The third-order valence-corrected chi connectivity index (χ3v) is 7.49. The smallest absolute Gasteiger partial charge is 0.573 e. The summed E-state index contributed by atoms with van der Waals surface area (Å²) in [5, 5.41) is 18.2. The Balaban J connectivity index is 0.000000340. The molecule has 0 atom stereocenters. The van der Waals surface area contributed by atoms with E-state index in [-0.39, 0.29) is 31.9 Å². The van der Waals surface area contributed by atoms with E-state index in [1.807, 2.05) is 30.6 Å². The molecule has 0 N–H and O–H groups in total. The van der Waals surface area contributed by atoms with Crippen LogP contribution in [0.1, 0.15) is 109 Å². The van der Waals surface area contributed by atoms with Crippen molar-refractivity contribution in [2.24, 2.45) is 5.92 Å². The molecule has 0 aromatic carbocycles. The van der Waals surface area contributed by atoms with E-state index in [2.05, 4.69) is 99.8 Å². The third-order valence-electron chi connectivity index (χ3n) is 7.49. The largest absolute Gasteiger partial charge is 2.00 e. The topological polar surface area (TPSA) is 79.8 Å². The summed E-state index contributed by atoms with van der Waals surface area (Å²) in [4.78, 5) is 8.93. The second-order valence-electron chi connectivity index (χ2n) is 13.2. The summed E-state index contributed by atoms with van der Waals surface area (Å²) in [6.07, 6.45) is 7.97. The number of aromatic nitrogens is 6. The predicted molar refractivity (Wildman–Crippen MR) is 159 cm³/mol. The van der Waals surface area contributed by atoms with Crippen LogP contribution in [-0.4, -0.2) is 20.2 Å². The van der Waals surface area contributed by atoms with Crippen molar-refractivity contribution < 1.29 is 21.1 Å². The molecule has 0 aliphatic heterocycles. The fraction of sp³-hybridized carbons (Fsp3) is 0.515. The maximum Gasteiger partial charge on any atom is 2.00 e. The Bertz CT molecular complexity index is 1380. The zero-order valence-electron chi connectivity index (χ0n) is 25.5. The van der Waals surface area contributed by atoms with Gasteiger partial charge in [-0.25, -0.2) is 0 Å². The molecule has 4 aromatic rings. The summed E-state index contributed by atoms with van der Waals surface area (Å²) < 4.78 is 0. The molecule has 6 nitrogen and oxygen atoms in total. The average molecular weight is 720 g/mol. The van der Waals surface area contributed by atoms with E-state index < -0.39 is 0 Å². The Hall–Kier alpha value is -2.59. The first-order valence-electron chi connectivity index (χ1n) is 14.3. The minimum absolute atomic E-state index is 0. The Morgan fingerprint density at radius 2 is 1.52 bits per heavy atom. The molecular formula is C33H44N6Pt. The van der Waals surface area contributed by atoms with Gasteiger partial charge in [0, 0.05) is 29.2 Å². The quantitative estimate of drug-likeness (QED) is 0.214. The van der Waals surface area contributed by atoms with Gasteiger partial charge in [-0.1, -0.05) is 79.8 Å². The normalized spacial score (nSPS) is 14.4. The standard InChI is InChI=1S/C24H31N5.C9H13N.Pt/c1-14(2)13-19-20(15(3)4)22(28-26-19)18-11-7-10-17(25-18)21-16-9-8-12-24(5,6)23(16)29-27-21;1-9(2,3)8-4-6-10-7-5-8;/h7,10-11,14-15H,8-9,12-13H2,1-6H3;4-7H,1-3H3;/q-2;;+2. The van der Waals surface area contributed by atoms with Crippen LogP contribution in [0.5, 0.6) is 0 Å². The van der Waals surface area contributed by atoms with Gasteiger partial charge in [0.05, 0.1) is 11.4 Å². The Labute approximate surface area is 254 Å². The fourth-order valence-corrected chi connectivity index (χ4v) is 5.38. The molecule has 4 heterocycles. The van der Waals surface area contributed by atoms with E-state index in [0.717, 1.165) is 53.4 Å². The number of nitrogens with zero attached hydrogens (tertiary/aromatic N) is 6. The maximum atomic E-state index is 4.97. The number of rotatable bonds is 5. The fourth-order valence-electron chi connectivity index (χ4n) is 5.38. The van der Waals surface area contributed by atoms with Crippen molar-refractivity contribution >= 4 is 0 Å². The SMILES string of the molecule is CC(C)(C)c1ccncc1.CC(C)Cc1n[n-]c(-c2cccc(-c3[n-]nc4c3CCCC4(C)C)n2)c1C(C)C.[Pt+2]. The molecule has 216 valence electrons. The molecule has 0 spiro atoms. The first kappa shape index (κ1) is 31.9. The average Bonchev–Trinajstić information content (AvgIpc) is 3.50. The van der Waals surface area contributed by atoms with Crippen LogP contribution in [0, 0.1) is 5.92 Å². The van der Waals surface area contributed by atoms with Crippen LogP contribution in [0.4, 0.5) is 0 Å². The molecule has 4 aromatic heterocycles. The molecule has 0 radical (unpaired) electrons. The van der Waals surface area contributed by atoms with Gasteiger partial charge in [0.1, 0.15) is 0 Å². The number of fused-ring (bicyclic) bond motifs is 1. The van der Waals surface area contributed by atoms with Crippen LogP contribution in [-0.2, 0) is 44.7 Å². The summed E-state index contributed by atoms with van der Waals surface area (Å²) in [7, 11) is 0. The van der Waals surface area contributed by atoms with Crippen LogP contribution in [0.15, 0.2) is 42.7 Å². The summed E-state index contributed by atoms with van der Waals surface area (Å²) in [6, 6.07) is 10.2. The minimum Gasteiger partial charge on any atom is -0.573 e. The molecule has 0 saturated heterocycles. The molecule has 0 amide bonds. The Morgan fingerprint density at radius 3 is 2.10 bits per heavy atom. The predicted octanol–water partition coefficient (Wildman–Crippen LogP) is 7.43. The summed E-state index contributed by atoms with van der Waals surface area (Å²) in [6.45, 7) is 20.0. The van der Waals surface area contributed by atoms with E-state index in [4.69, 9.17) is 4.98 Å². The second kappa shape index (κ2) is 12.9. The van der Waals surface area contributed by atoms with Crippen molar-refractivity contribution in [1.82, 2.24) is 30.4 Å². The van der Waals surface area contributed by atoms with Crippen molar-refractivity contribution in [3.8, 4) is 22.8 Å². The van der Waals surface area contributed by atoms with E-state index in [9.17, 15) is 0 Å². The van der Waals surface area contributed by atoms with Crippen molar-refractivity contribution in [2.75, 3.05) is 0 Å². The molecule has 0 saturated carbocycles. The number of hydrogen-bond donors (Lipinski definition) is 0. The Kier molecular flexibility index (Phi) is 10.3. The van der Waals surface area contributed by atoms with Gasteiger partial charge in [-0.2, -0.15) is 0 Å². The van der Waals surface area contributed by atoms with Gasteiger partial charge in [0.15, 0.2) is 0 Å². The van der Waals surface area contributed by atoms with Crippen LogP contribution < -0.4 is 10.2 Å².